The number of hydrogen-bond donors (Lipinski definition) is 1. The van der Waals surface area contributed by atoms with E-state index in [4.69, 9.17) is 0 Å². The Hall–Kier alpha value is -1.30. The van der Waals surface area contributed by atoms with Gasteiger partial charge in [0.2, 0.25) is 6.41 Å². The normalized spacial score (nSPS) is 19.0. The van der Waals surface area contributed by atoms with Gasteiger partial charge in [-0.3, -0.25) is 4.79 Å². The molecule has 18 heavy (non-hydrogen) atoms. The van der Waals surface area contributed by atoms with Gasteiger partial charge in [-0.25, -0.2) is 9.97 Å². The van der Waals surface area contributed by atoms with Gasteiger partial charge in [0.05, 0.1) is 0 Å². The molecule has 2 heterocycles. The molecule has 5 nitrogen and oxygen atoms in total. The Kier molecular flexibility index (Phi) is 4.41. The summed E-state index contributed by atoms with van der Waals surface area (Å²) in [4.78, 5) is 21.4. The maximum atomic E-state index is 10.9. The molecule has 0 aliphatic carbocycles. The van der Waals surface area contributed by atoms with E-state index in [-0.39, 0.29) is 6.04 Å². The fourth-order valence-corrected chi connectivity index (χ4v) is 2.59. The average Bonchev–Trinajstić information content (AvgIpc) is 2.83. The molecule has 6 heteroatoms. The van der Waals surface area contributed by atoms with Crippen molar-refractivity contribution >= 4 is 24.0 Å². The Labute approximate surface area is 111 Å². The third-order valence-corrected chi connectivity index (χ3v) is 3.64. The Bertz CT molecular complexity index is 427. The number of rotatable bonds is 5. The van der Waals surface area contributed by atoms with Crippen LogP contribution in [0.5, 0.6) is 0 Å². The first-order chi connectivity index (χ1) is 8.72. The molecule has 2 rings (SSSR count). The fraction of sp³-hybridized carbons (Fsp3) is 0.583. The van der Waals surface area contributed by atoms with Crippen molar-refractivity contribution in [3.05, 3.63) is 11.8 Å². The minimum atomic E-state index is 0.288. The Balaban J connectivity index is 1.97. The molecule has 0 saturated carbocycles. The van der Waals surface area contributed by atoms with Crippen LogP contribution in [0, 0.1) is 6.92 Å². The lowest BCUT2D eigenvalue weighted by Gasteiger charge is -2.20. The summed E-state index contributed by atoms with van der Waals surface area (Å²) in [5.41, 5.74) is 0.954. The Morgan fingerprint density at radius 3 is 3.17 bits per heavy atom. The van der Waals surface area contributed by atoms with Crippen molar-refractivity contribution in [1.29, 1.82) is 0 Å². The molecule has 98 valence electrons. The summed E-state index contributed by atoms with van der Waals surface area (Å²) in [5.74, 6) is 0.838. The van der Waals surface area contributed by atoms with Gasteiger partial charge in [-0.2, -0.15) is 0 Å². The summed E-state index contributed by atoms with van der Waals surface area (Å²) in [6.07, 6.45) is 5.05. The van der Waals surface area contributed by atoms with Crippen LogP contribution in [0.1, 0.15) is 18.5 Å². The van der Waals surface area contributed by atoms with Crippen molar-refractivity contribution < 1.29 is 4.79 Å². The molecule has 1 amide bonds. The van der Waals surface area contributed by atoms with Gasteiger partial charge >= 0.3 is 0 Å². The highest BCUT2D eigenvalue weighted by molar-refractivity contribution is 7.98. The Morgan fingerprint density at radius 2 is 2.44 bits per heavy atom. The molecule has 1 aliphatic rings. The van der Waals surface area contributed by atoms with Gasteiger partial charge in [0.25, 0.3) is 0 Å². The maximum Gasteiger partial charge on any atom is 0.210 e. The van der Waals surface area contributed by atoms with Gasteiger partial charge in [0.1, 0.15) is 5.82 Å². The molecule has 0 spiro atoms. The number of amides is 1. The number of nitrogens with one attached hydrogen (secondary N) is 1. The van der Waals surface area contributed by atoms with E-state index in [9.17, 15) is 4.79 Å². The predicted octanol–water partition coefficient (Wildman–Crippen LogP) is 1.54. The summed E-state index contributed by atoms with van der Waals surface area (Å²) < 4.78 is 0. The lowest BCUT2D eigenvalue weighted by atomic mass is 10.2. The van der Waals surface area contributed by atoms with E-state index in [1.165, 1.54) is 11.8 Å². The van der Waals surface area contributed by atoms with Crippen LogP contribution >= 0.6 is 11.8 Å². The first-order valence-electron chi connectivity index (χ1n) is 6.07. The van der Waals surface area contributed by atoms with E-state index in [1.807, 2.05) is 24.1 Å². The number of aryl methyl sites for hydroxylation is 1. The van der Waals surface area contributed by atoms with Gasteiger partial charge in [0.15, 0.2) is 5.16 Å². The Morgan fingerprint density at radius 1 is 1.61 bits per heavy atom. The van der Waals surface area contributed by atoms with Gasteiger partial charge in [0, 0.05) is 30.9 Å². The molecule has 1 aromatic rings. The molecule has 0 radical (unpaired) electrons. The van der Waals surface area contributed by atoms with Crippen molar-refractivity contribution in [2.24, 2.45) is 0 Å². The predicted molar refractivity (Wildman–Crippen MR) is 72.8 cm³/mol. The minimum Gasteiger partial charge on any atom is -0.368 e. The number of likely N-dealkylation sites (tertiary alicyclic amines) is 1. The van der Waals surface area contributed by atoms with Crippen LogP contribution in [0.15, 0.2) is 11.2 Å². The zero-order chi connectivity index (χ0) is 13.0. The van der Waals surface area contributed by atoms with E-state index >= 15 is 0 Å². The highest BCUT2D eigenvalue weighted by Crippen LogP contribution is 2.17. The summed E-state index contributed by atoms with van der Waals surface area (Å²) in [6.45, 7) is 3.58. The van der Waals surface area contributed by atoms with E-state index in [1.54, 1.807) is 0 Å². The summed E-state index contributed by atoms with van der Waals surface area (Å²) in [7, 11) is 0. The van der Waals surface area contributed by atoms with Crippen LogP contribution in [0.2, 0.25) is 0 Å². The van der Waals surface area contributed by atoms with E-state index in [2.05, 4.69) is 15.3 Å². The second-order valence-electron chi connectivity index (χ2n) is 4.40. The number of anilines is 1. The average molecular weight is 266 g/mol. The van der Waals surface area contributed by atoms with Crippen LogP contribution in [0.4, 0.5) is 5.82 Å². The number of thioether (sulfide) groups is 1. The second-order valence-corrected chi connectivity index (χ2v) is 5.17. The summed E-state index contributed by atoms with van der Waals surface area (Å²) in [5, 5.41) is 4.08. The molecule has 1 aliphatic heterocycles. The molecule has 0 unspecified atom stereocenters. The lowest BCUT2D eigenvalue weighted by molar-refractivity contribution is -0.118. The highest BCUT2D eigenvalue weighted by Gasteiger charge is 2.22. The number of hydrogen-bond acceptors (Lipinski definition) is 5. The van der Waals surface area contributed by atoms with Crippen LogP contribution in [-0.2, 0) is 4.79 Å². The lowest BCUT2D eigenvalue weighted by Crippen LogP contribution is -2.33. The van der Waals surface area contributed by atoms with Crippen LogP contribution < -0.4 is 5.32 Å². The molecule has 1 atom stereocenters. The van der Waals surface area contributed by atoms with Gasteiger partial charge in [-0.15, -0.1) is 0 Å². The van der Waals surface area contributed by atoms with E-state index < -0.39 is 0 Å². The second kappa shape index (κ2) is 6.04. The van der Waals surface area contributed by atoms with Crippen LogP contribution in [0.25, 0.3) is 0 Å². The van der Waals surface area contributed by atoms with Crippen LogP contribution in [0.3, 0.4) is 0 Å². The third-order valence-electron chi connectivity index (χ3n) is 3.09. The quantitative estimate of drug-likeness (QED) is 0.498. The zero-order valence-corrected chi connectivity index (χ0v) is 11.5. The largest absolute Gasteiger partial charge is 0.368 e. The maximum absolute atomic E-state index is 10.9. The fourth-order valence-electron chi connectivity index (χ4n) is 2.16. The SMILES string of the molecule is CSc1nc(C)cc(NC[C@@H]2CCCN2C=O)n1. The summed E-state index contributed by atoms with van der Waals surface area (Å²) in [6, 6.07) is 2.22. The molecular weight excluding hydrogens is 248 g/mol. The topological polar surface area (TPSA) is 58.1 Å². The van der Waals surface area contributed by atoms with Crippen molar-refractivity contribution in [2.75, 3.05) is 24.7 Å². The molecule has 1 aromatic heterocycles. The van der Waals surface area contributed by atoms with Crippen molar-refractivity contribution in [1.82, 2.24) is 14.9 Å². The van der Waals surface area contributed by atoms with Gasteiger partial charge < -0.3 is 10.2 Å². The van der Waals surface area contributed by atoms with Crippen molar-refractivity contribution in [2.45, 2.75) is 31.0 Å². The number of carbonyl (C=O) groups is 1. The molecule has 1 N–H and O–H groups in total. The zero-order valence-electron chi connectivity index (χ0n) is 10.7. The van der Waals surface area contributed by atoms with Gasteiger partial charge in [-0.05, 0) is 26.0 Å². The molecule has 1 saturated heterocycles. The van der Waals surface area contributed by atoms with Crippen molar-refractivity contribution in [3.63, 3.8) is 0 Å². The first kappa shape index (κ1) is 13.1. The first-order valence-corrected chi connectivity index (χ1v) is 7.30. The monoisotopic (exact) mass is 266 g/mol. The van der Waals surface area contributed by atoms with Crippen molar-refractivity contribution in [3.8, 4) is 0 Å². The minimum absolute atomic E-state index is 0.288. The highest BCUT2D eigenvalue weighted by atomic mass is 32.2. The third kappa shape index (κ3) is 3.13. The molecule has 1 fully saturated rings. The van der Waals surface area contributed by atoms with Crippen LogP contribution in [-0.4, -0.2) is 46.7 Å². The van der Waals surface area contributed by atoms with E-state index in [0.29, 0.717) is 0 Å². The van der Waals surface area contributed by atoms with E-state index in [0.717, 1.165) is 49.0 Å². The molecule has 0 aromatic carbocycles. The number of aromatic nitrogens is 2. The number of carbonyl (C=O) groups excluding carboxylic acids is 1. The smallest absolute Gasteiger partial charge is 0.210 e. The standard InChI is InChI=1S/C12H18N4OS/c1-9-6-11(15-12(14-9)18-2)13-7-10-4-3-5-16(10)8-17/h6,8,10H,3-5,7H2,1-2H3,(H,13,14,15)/t10-/m0/s1. The molecular formula is C12H18N4OS. The van der Waals surface area contributed by atoms with Gasteiger partial charge in [-0.1, -0.05) is 11.8 Å². The molecule has 0 bridgehead atoms. The number of nitrogens with zero attached hydrogens (tertiary/aromatic N) is 3. The summed E-state index contributed by atoms with van der Waals surface area (Å²) >= 11 is 1.53.